The molecule has 58 heavy (non-hydrogen) atoms. The minimum Gasteiger partial charge on any atom is -0.478 e. The average Bonchev–Trinajstić information content (AvgIpc) is 3.10. The Morgan fingerprint density at radius 1 is 0.741 bits per heavy atom. The minimum atomic E-state index is -1.37. The van der Waals surface area contributed by atoms with Crippen molar-refractivity contribution in [3.05, 3.63) is 35.4 Å². The number of carbonyl (C=O) groups excluding carboxylic acids is 6. The molecule has 8 N–H and O–H groups in total. The maximum atomic E-state index is 13.7. The van der Waals surface area contributed by atoms with E-state index in [0.29, 0.717) is 11.3 Å². The molecule has 0 bridgehead atoms. The van der Waals surface area contributed by atoms with Gasteiger partial charge >= 0.3 is 12.1 Å². The Hall–Kier alpha value is -4.38. The van der Waals surface area contributed by atoms with Crippen LogP contribution in [0.25, 0.3) is 0 Å². The molecule has 17 heteroatoms. The van der Waals surface area contributed by atoms with Gasteiger partial charge in [0.2, 0.25) is 29.5 Å². The number of benzene rings is 1. The Labute approximate surface area is 347 Å². The second-order valence-corrected chi connectivity index (χ2v) is 18.0. The van der Waals surface area contributed by atoms with Crippen molar-refractivity contribution in [2.75, 3.05) is 12.0 Å². The van der Waals surface area contributed by atoms with Gasteiger partial charge in [0.25, 0.3) is 0 Å². The van der Waals surface area contributed by atoms with Crippen LogP contribution in [0.4, 0.5) is 4.79 Å². The molecule has 0 saturated heterocycles. The van der Waals surface area contributed by atoms with Gasteiger partial charge in [-0.1, -0.05) is 67.5 Å². The van der Waals surface area contributed by atoms with Crippen LogP contribution in [0.2, 0.25) is 0 Å². The van der Waals surface area contributed by atoms with Crippen LogP contribution >= 0.6 is 11.8 Å². The van der Waals surface area contributed by atoms with Gasteiger partial charge in [-0.3, -0.25) is 24.0 Å². The summed E-state index contributed by atoms with van der Waals surface area (Å²) in [5, 5.41) is 36.9. The summed E-state index contributed by atoms with van der Waals surface area (Å²) in [6, 6.07) is 1.15. The third-order valence-corrected chi connectivity index (χ3v) is 9.57. The van der Waals surface area contributed by atoms with Gasteiger partial charge in [-0.2, -0.15) is 11.8 Å². The number of ether oxygens (including phenoxy) is 1. The zero-order valence-corrected chi connectivity index (χ0v) is 37.0. The lowest BCUT2D eigenvalue weighted by molar-refractivity contribution is -0.134. The van der Waals surface area contributed by atoms with Crippen molar-refractivity contribution in [2.24, 2.45) is 23.7 Å². The SMILES string of the molecule is CSCC[C@H](NC(=O)[C@@H](NC(=O)OC(C)(C)C)C(C)C)C(=O)N[C@@H](CC(C)C)[C@@H](O)CC(=O)N[C@H](C(=O)N[C@H](C(=O)NCc1cccc(C(=O)O)c1)C(C)C)C(C)C. The highest BCUT2D eigenvalue weighted by atomic mass is 32.2. The van der Waals surface area contributed by atoms with Crippen LogP contribution in [0, 0.1) is 23.7 Å². The normalized spacial score (nSPS) is 14.8. The number of hydrogen-bond donors (Lipinski definition) is 8. The molecular formula is C41H68N6O10S. The number of carboxylic acid groups (broad SMARTS) is 1. The lowest BCUT2D eigenvalue weighted by Gasteiger charge is -2.30. The largest absolute Gasteiger partial charge is 0.478 e. The van der Waals surface area contributed by atoms with E-state index >= 15 is 0 Å². The summed E-state index contributed by atoms with van der Waals surface area (Å²) in [4.78, 5) is 91.1. The fourth-order valence-corrected chi connectivity index (χ4v) is 6.30. The van der Waals surface area contributed by atoms with Gasteiger partial charge < -0.3 is 46.9 Å². The van der Waals surface area contributed by atoms with E-state index < -0.39 is 95.9 Å². The molecule has 0 heterocycles. The van der Waals surface area contributed by atoms with Crippen LogP contribution in [-0.4, -0.2) is 106 Å². The monoisotopic (exact) mass is 836 g/mol. The zero-order valence-electron chi connectivity index (χ0n) is 36.2. The first kappa shape index (κ1) is 51.6. The van der Waals surface area contributed by atoms with Crippen molar-refractivity contribution >= 4 is 53.4 Å². The third kappa shape index (κ3) is 18.9. The number of hydrogen-bond acceptors (Lipinski definition) is 10. The number of thioether (sulfide) groups is 1. The fourth-order valence-electron chi connectivity index (χ4n) is 5.83. The quantitative estimate of drug-likeness (QED) is 0.0795. The summed E-state index contributed by atoms with van der Waals surface area (Å²) >= 11 is 1.47. The molecule has 0 saturated carbocycles. The maximum absolute atomic E-state index is 13.7. The molecule has 6 atom stereocenters. The predicted molar refractivity (Wildman–Crippen MR) is 224 cm³/mol. The van der Waals surface area contributed by atoms with Crippen LogP contribution in [0.3, 0.4) is 0 Å². The van der Waals surface area contributed by atoms with Gasteiger partial charge in [0.05, 0.1) is 24.1 Å². The zero-order chi connectivity index (χ0) is 44.5. The smallest absolute Gasteiger partial charge is 0.408 e. The first-order valence-corrected chi connectivity index (χ1v) is 21.2. The van der Waals surface area contributed by atoms with Crippen LogP contribution in [0.1, 0.15) is 111 Å². The lowest BCUT2D eigenvalue weighted by atomic mass is 9.95. The summed E-state index contributed by atoms with van der Waals surface area (Å²) in [6.45, 7) is 19.4. The maximum Gasteiger partial charge on any atom is 0.408 e. The van der Waals surface area contributed by atoms with Crippen LogP contribution in [0.5, 0.6) is 0 Å². The number of aliphatic hydroxyl groups excluding tert-OH is 1. The third-order valence-electron chi connectivity index (χ3n) is 8.93. The molecule has 0 fully saturated rings. The van der Waals surface area contributed by atoms with E-state index in [1.54, 1.807) is 74.4 Å². The molecule has 0 aliphatic carbocycles. The Morgan fingerprint density at radius 2 is 1.29 bits per heavy atom. The van der Waals surface area contributed by atoms with E-state index in [-0.39, 0.29) is 42.7 Å². The highest BCUT2D eigenvalue weighted by molar-refractivity contribution is 7.98. The van der Waals surface area contributed by atoms with Crippen molar-refractivity contribution in [3.8, 4) is 0 Å². The highest BCUT2D eigenvalue weighted by Crippen LogP contribution is 2.15. The number of carboxylic acids is 1. The van der Waals surface area contributed by atoms with E-state index in [1.165, 1.54) is 23.9 Å². The van der Waals surface area contributed by atoms with Crippen LogP contribution in [0.15, 0.2) is 24.3 Å². The highest BCUT2D eigenvalue weighted by Gasteiger charge is 2.34. The van der Waals surface area contributed by atoms with Crippen molar-refractivity contribution in [1.29, 1.82) is 0 Å². The second-order valence-electron chi connectivity index (χ2n) is 17.0. The Kier molecular flexibility index (Phi) is 21.8. The summed E-state index contributed by atoms with van der Waals surface area (Å²) < 4.78 is 5.33. The molecule has 0 aromatic heterocycles. The van der Waals surface area contributed by atoms with E-state index in [9.17, 15) is 43.8 Å². The van der Waals surface area contributed by atoms with Crippen molar-refractivity contribution in [1.82, 2.24) is 31.9 Å². The molecule has 0 spiro atoms. The first-order chi connectivity index (χ1) is 26.9. The second kappa shape index (κ2) is 24.5. The van der Waals surface area contributed by atoms with Crippen LogP contribution in [-0.2, 0) is 35.3 Å². The average molecular weight is 837 g/mol. The molecule has 1 aromatic carbocycles. The predicted octanol–water partition coefficient (Wildman–Crippen LogP) is 3.35. The Morgan fingerprint density at radius 3 is 1.81 bits per heavy atom. The molecule has 6 amide bonds. The molecule has 0 aliphatic rings. The number of aliphatic hydroxyl groups is 1. The van der Waals surface area contributed by atoms with E-state index in [2.05, 4.69) is 31.9 Å². The molecule has 0 unspecified atom stereocenters. The summed E-state index contributed by atoms with van der Waals surface area (Å²) in [7, 11) is 0. The van der Waals surface area contributed by atoms with Crippen molar-refractivity contribution < 1.29 is 48.5 Å². The van der Waals surface area contributed by atoms with Gasteiger partial charge in [0.15, 0.2) is 0 Å². The van der Waals surface area contributed by atoms with Gasteiger partial charge in [-0.15, -0.1) is 0 Å². The summed E-state index contributed by atoms with van der Waals surface area (Å²) in [5.74, 6) is -4.61. The number of alkyl carbamates (subject to hydrolysis) is 1. The topological polar surface area (TPSA) is 241 Å². The number of amides is 6. The Balaban J connectivity index is 3.08. The van der Waals surface area contributed by atoms with E-state index in [4.69, 9.17) is 4.74 Å². The minimum absolute atomic E-state index is 0.0139. The fraction of sp³-hybridized carbons (Fsp3) is 0.683. The van der Waals surface area contributed by atoms with Gasteiger partial charge in [-0.25, -0.2) is 9.59 Å². The molecule has 0 aliphatic heterocycles. The number of rotatable bonds is 23. The molecule has 328 valence electrons. The van der Waals surface area contributed by atoms with Crippen LogP contribution < -0.4 is 31.9 Å². The number of carbonyl (C=O) groups is 7. The van der Waals surface area contributed by atoms with Gasteiger partial charge in [0, 0.05) is 6.54 Å². The standard InChI is InChI=1S/C41H68N6O10S/c1-22(2)18-29(44-35(50)28(16-17-58-12)43-37(52)34(25(7)8)47-40(56)57-41(9,10)11)30(48)20-31(49)45-33(24(5)6)38(53)46-32(23(3)4)36(51)42-21-26-14-13-15-27(19-26)39(54)55/h13-15,19,22-25,28-30,32-34,48H,16-18,20-21H2,1-12H3,(H,42,51)(H,43,52)(H,44,50)(H,45,49)(H,46,53)(H,47,56)(H,54,55)/t28-,29-,30-,32-,33-,34-/m0/s1. The van der Waals surface area contributed by atoms with Gasteiger partial charge in [-0.05, 0) is 87.0 Å². The summed E-state index contributed by atoms with van der Waals surface area (Å²) in [5.41, 5.74) is -0.151. The lowest BCUT2D eigenvalue weighted by Crippen LogP contribution is -2.58. The molecular weight excluding hydrogens is 769 g/mol. The molecule has 16 nitrogen and oxygen atoms in total. The summed E-state index contributed by atoms with van der Waals surface area (Å²) in [6.07, 6.45) is -0.211. The van der Waals surface area contributed by atoms with E-state index in [0.717, 1.165) is 0 Å². The van der Waals surface area contributed by atoms with Gasteiger partial charge in [0.1, 0.15) is 29.8 Å². The molecule has 0 radical (unpaired) electrons. The van der Waals surface area contributed by atoms with E-state index in [1.807, 2.05) is 20.1 Å². The van der Waals surface area contributed by atoms with Crippen molar-refractivity contribution in [2.45, 2.75) is 144 Å². The molecule has 1 rings (SSSR count). The number of nitrogens with one attached hydrogen (secondary N) is 6. The number of aromatic carboxylic acids is 1. The molecule has 1 aromatic rings. The first-order valence-electron chi connectivity index (χ1n) is 19.8. The Bertz CT molecular complexity index is 1550. The van der Waals surface area contributed by atoms with Crippen molar-refractivity contribution in [3.63, 3.8) is 0 Å².